The van der Waals surface area contributed by atoms with Gasteiger partial charge >= 0.3 is 8.60 Å². The lowest BCUT2D eigenvalue weighted by atomic mass is 9.99. The smallest absolute Gasteiger partial charge is 0.312 e. The Morgan fingerprint density at radius 2 is 1.62 bits per heavy atom. The van der Waals surface area contributed by atoms with E-state index in [1.807, 2.05) is 13.8 Å². The van der Waals surface area contributed by atoms with Gasteiger partial charge in [0.05, 0.1) is 18.8 Å². The molecule has 0 bridgehead atoms. The largest absolute Gasteiger partial charge is 0.333 e. The molecule has 0 N–H and O–H groups in total. The first-order valence-electron chi connectivity index (χ1n) is 4.65. The van der Waals surface area contributed by atoms with Crippen molar-refractivity contribution in [3.8, 4) is 0 Å². The van der Waals surface area contributed by atoms with Crippen molar-refractivity contribution < 1.29 is 13.6 Å². The predicted molar refractivity (Wildman–Crippen MR) is 53.4 cm³/mol. The Kier molecular flexibility index (Phi) is 3.70. The SMILES string of the molecule is C[C@H]1OP(OCC(C)(C)C)O[C@@H]1C. The van der Waals surface area contributed by atoms with E-state index < -0.39 is 8.60 Å². The lowest BCUT2D eigenvalue weighted by molar-refractivity contribution is 0.163. The van der Waals surface area contributed by atoms with Gasteiger partial charge in [-0.15, -0.1) is 0 Å². The molecule has 1 aliphatic rings. The van der Waals surface area contributed by atoms with Gasteiger partial charge in [0, 0.05) is 0 Å². The van der Waals surface area contributed by atoms with Gasteiger partial charge in [-0.2, -0.15) is 0 Å². The number of rotatable bonds is 2. The number of hydrogen-bond acceptors (Lipinski definition) is 3. The van der Waals surface area contributed by atoms with E-state index in [1.54, 1.807) is 0 Å². The zero-order valence-electron chi connectivity index (χ0n) is 9.03. The second kappa shape index (κ2) is 4.22. The first-order chi connectivity index (χ1) is 5.88. The van der Waals surface area contributed by atoms with Gasteiger partial charge in [0.1, 0.15) is 0 Å². The summed E-state index contributed by atoms with van der Waals surface area (Å²) in [6.45, 7) is 11.1. The van der Waals surface area contributed by atoms with E-state index in [0.29, 0.717) is 6.61 Å². The maximum absolute atomic E-state index is 5.53. The molecule has 0 amide bonds. The van der Waals surface area contributed by atoms with Gasteiger partial charge in [0.25, 0.3) is 0 Å². The van der Waals surface area contributed by atoms with Crippen molar-refractivity contribution in [3.05, 3.63) is 0 Å². The minimum absolute atomic E-state index is 0.158. The third-order valence-corrected chi connectivity index (χ3v) is 3.12. The topological polar surface area (TPSA) is 27.7 Å². The van der Waals surface area contributed by atoms with Crippen LogP contribution in [0.3, 0.4) is 0 Å². The fourth-order valence-corrected chi connectivity index (χ4v) is 2.32. The maximum Gasteiger partial charge on any atom is 0.333 e. The first kappa shape index (κ1) is 11.4. The molecule has 3 nitrogen and oxygen atoms in total. The normalized spacial score (nSPS) is 31.2. The van der Waals surface area contributed by atoms with Gasteiger partial charge in [-0.3, -0.25) is 0 Å². The Labute approximate surface area is 81.8 Å². The molecule has 0 aromatic heterocycles. The third-order valence-electron chi connectivity index (χ3n) is 1.77. The lowest BCUT2D eigenvalue weighted by Gasteiger charge is -2.19. The Bertz CT molecular complexity index is 157. The Balaban J connectivity index is 2.25. The van der Waals surface area contributed by atoms with Crippen molar-refractivity contribution in [2.24, 2.45) is 5.41 Å². The van der Waals surface area contributed by atoms with Gasteiger partial charge in [0.15, 0.2) is 0 Å². The highest BCUT2D eigenvalue weighted by molar-refractivity contribution is 7.42. The zero-order valence-corrected chi connectivity index (χ0v) is 9.93. The average molecular weight is 206 g/mol. The van der Waals surface area contributed by atoms with Gasteiger partial charge in [-0.1, -0.05) is 20.8 Å². The van der Waals surface area contributed by atoms with Gasteiger partial charge in [-0.05, 0) is 19.3 Å². The van der Waals surface area contributed by atoms with E-state index in [-0.39, 0.29) is 17.6 Å². The third kappa shape index (κ3) is 3.90. The van der Waals surface area contributed by atoms with E-state index in [0.717, 1.165) is 0 Å². The molecule has 78 valence electrons. The van der Waals surface area contributed by atoms with Crippen molar-refractivity contribution in [1.29, 1.82) is 0 Å². The molecule has 4 heteroatoms. The van der Waals surface area contributed by atoms with Crippen LogP contribution in [0, 0.1) is 5.41 Å². The minimum atomic E-state index is -1.09. The molecule has 0 unspecified atom stereocenters. The Morgan fingerprint density at radius 3 is 2.00 bits per heavy atom. The van der Waals surface area contributed by atoms with Crippen molar-refractivity contribution in [3.63, 3.8) is 0 Å². The zero-order chi connectivity index (χ0) is 10.1. The monoisotopic (exact) mass is 206 g/mol. The minimum Gasteiger partial charge on any atom is -0.312 e. The molecular weight excluding hydrogens is 187 g/mol. The van der Waals surface area contributed by atoms with Crippen molar-refractivity contribution in [2.75, 3.05) is 6.61 Å². The lowest BCUT2D eigenvalue weighted by Crippen LogP contribution is -2.13. The summed E-state index contributed by atoms with van der Waals surface area (Å²) >= 11 is 0. The van der Waals surface area contributed by atoms with Crippen molar-refractivity contribution in [1.82, 2.24) is 0 Å². The van der Waals surface area contributed by atoms with Crippen molar-refractivity contribution >= 4 is 8.60 Å². The highest BCUT2D eigenvalue weighted by atomic mass is 31.2. The van der Waals surface area contributed by atoms with Crippen LogP contribution in [0.25, 0.3) is 0 Å². The average Bonchev–Trinajstić information content (AvgIpc) is 2.27. The molecule has 0 saturated carbocycles. The molecule has 2 atom stereocenters. The van der Waals surface area contributed by atoms with Crippen LogP contribution in [0.15, 0.2) is 0 Å². The van der Waals surface area contributed by atoms with E-state index >= 15 is 0 Å². The van der Waals surface area contributed by atoms with E-state index in [9.17, 15) is 0 Å². The molecule has 1 heterocycles. The summed E-state index contributed by atoms with van der Waals surface area (Å²) in [6.07, 6.45) is 0.317. The van der Waals surface area contributed by atoms with E-state index in [4.69, 9.17) is 13.6 Å². The molecule has 0 aromatic rings. The molecule has 1 rings (SSSR count). The summed E-state index contributed by atoms with van der Waals surface area (Å²) in [7, 11) is -1.09. The first-order valence-corrected chi connectivity index (χ1v) is 5.74. The van der Waals surface area contributed by atoms with Crippen molar-refractivity contribution in [2.45, 2.75) is 46.8 Å². The van der Waals surface area contributed by atoms with Gasteiger partial charge in [0.2, 0.25) is 0 Å². The number of hydrogen-bond donors (Lipinski definition) is 0. The van der Waals surface area contributed by atoms with Crippen LogP contribution < -0.4 is 0 Å². The van der Waals surface area contributed by atoms with Gasteiger partial charge < -0.3 is 13.6 Å². The second-order valence-electron chi connectivity index (χ2n) is 4.68. The van der Waals surface area contributed by atoms with E-state index in [1.165, 1.54) is 0 Å². The summed E-state index contributed by atoms with van der Waals surface area (Å²) in [5, 5.41) is 0. The van der Waals surface area contributed by atoms with Gasteiger partial charge in [-0.25, -0.2) is 0 Å². The van der Waals surface area contributed by atoms with Crippen LogP contribution in [0.5, 0.6) is 0 Å². The second-order valence-corrected chi connectivity index (χ2v) is 5.81. The van der Waals surface area contributed by atoms with Crippen LogP contribution >= 0.6 is 8.60 Å². The molecule has 1 fully saturated rings. The maximum atomic E-state index is 5.53. The molecule has 0 radical (unpaired) electrons. The Hall–Kier alpha value is 0.310. The fourth-order valence-electron chi connectivity index (χ4n) is 0.775. The van der Waals surface area contributed by atoms with Crippen LogP contribution in [0.1, 0.15) is 34.6 Å². The summed E-state index contributed by atoms with van der Waals surface area (Å²) in [5.41, 5.74) is 0.171. The Morgan fingerprint density at radius 1 is 1.15 bits per heavy atom. The van der Waals surface area contributed by atoms with Crippen LogP contribution in [-0.2, 0) is 13.6 Å². The fraction of sp³-hybridized carbons (Fsp3) is 1.00. The molecule has 0 aliphatic carbocycles. The molecule has 1 saturated heterocycles. The molecular formula is C9H19O3P. The van der Waals surface area contributed by atoms with E-state index in [2.05, 4.69) is 20.8 Å². The quantitative estimate of drug-likeness (QED) is 0.650. The van der Waals surface area contributed by atoms with Crippen LogP contribution in [0.2, 0.25) is 0 Å². The molecule has 0 aromatic carbocycles. The molecule has 0 spiro atoms. The summed E-state index contributed by atoms with van der Waals surface area (Å²) in [4.78, 5) is 0. The standard InChI is InChI=1S/C9H19O3P/c1-7-8(2)12-13(11-7)10-6-9(3,4)5/h7-8H,6H2,1-5H3/t7-,8-/m1/s1. The molecule has 1 aliphatic heterocycles. The summed E-state index contributed by atoms with van der Waals surface area (Å²) in [6, 6.07) is 0. The highest BCUT2D eigenvalue weighted by Gasteiger charge is 2.32. The van der Waals surface area contributed by atoms with Crippen LogP contribution in [0.4, 0.5) is 0 Å². The summed E-state index contributed by atoms with van der Waals surface area (Å²) in [5.74, 6) is 0. The summed E-state index contributed by atoms with van der Waals surface area (Å²) < 4.78 is 16.5. The highest BCUT2D eigenvalue weighted by Crippen LogP contribution is 2.49. The molecule has 13 heavy (non-hydrogen) atoms. The predicted octanol–water partition coefficient (Wildman–Crippen LogP) is 3.10. The van der Waals surface area contributed by atoms with Crippen LogP contribution in [-0.4, -0.2) is 18.8 Å².